The normalized spacial score (nSPS) is 16.7. The van der Waals surface area contributed by atoms with Gasteiger partial charge in [0.25, 0.3) is 5.56 Å². The highest BCUT2D eigenvalue weighted by Crippen LogP contribution is 2.31. The van der Waals surface area contributed by atoms with Gasteiger partial charge in [-0.15, -0.1) is 0 Å². The van der Waals surface area contributed by atoms with Gasteiger partial charge in [0.05, 0.1) is 28.7 Å². The molecule has 1 aliphatic rings. The van der Waals surface area contributed by atoms with Crippen molar-refractivity contribution in [2.75, 3.05) is 16.8 Å². The fraction of sp³-hybridized carbons (Fsp3) is 0.435. The Morgan fingerprint density at radius 2 is 2.00 bits per heavy atom. The number of aromatic amines is 1. The van der Waals surface area contributed by atoms with Crippen molar-refractivity contribution in [1.29, 1.82) is 0 Å². The zero-order valence-electron chi connectivity index (χ0n) is 19.7. The van der Waals surface area contributed by atoms with Gasteiger partial charge in [-0.2, -0.15) is 15.0 Å². The number of carbonyl (C=O) groups excluding carboxylic acids is 1. The Hall–Kier alpha value is -3.40. The Balaban J connectivity index is 1.63. The molecule has 2 aromatic heterocycles. The van der Waals surface area contributed by atoms with Crippen LogP contribution in [0.15, 0.2) is 23.0 Å². The number of pyridine rings is 1. The molecule has 180 valence electrons. The van der Waals surface area contributed by atoms with E-state index in [1.807, 2.05) is 27.7 Å². The lowest BCUT2D eigenvalue weighted by molar-refractivity contribution is 0.178. The maximum atomic E-state index is 12.9. The predicted octanol–water partition coefficient (Wildman–Crippen LogP) is 4.37. The molecule has 3 heterocycles. The number of hydrogen-bond acceptors (Lipinski definition) is 8. The van der Waals surface area contributed by atoms with Gasteiger partial charge in [-0.1, -0.05) is 18.5 Å². The number of ether oxygens (including phenoxy) is 2. The minimum atomic E-state index is -0.486. The van der Waals surface area contributed by atoms with Gasteiger partial charge in [0.1, 0.15) is 18.2 Å². The molecule has 11 heteroatoms. The maximum absolute atomic E-state index is 12.9. The first-order valence-corrected chi connectivity index (χ1v) is 11.5. The minimum absolute atomic E-state index is 0.0473. The molecule has 0 bridgehead atoms. The van der Waals surface area contributed by atoms with E-state index >= 15 is 0 Å². The van der Waals surface area contributed by atoms with Crippen molar-refractivity contribution in [2.45, 2.75) is 59.2 Å². The SMILES string of the molecule is CC[C@H]1COC(=O)N1c1nc(C)nc(N[C@@H](C)c2cc3cc(Cl)c(OC(C)C)cc3[nH]c2=O)n1. The lowest BCUT2D eigenvalue weighted by atomic mass is 10.1. The highest BCUT2D eigenvalue weighted by atomic mass is 35.5. The third kappa shape index (κ3) is 4.77. The van der Waals surface area contributed by atoms with Gasteiger partial charge in [0.2, 0.25) is 11.9 Å². The molecule has 1 saturated heterocycles. The third-order valence-corrected chi connectivity index (χ3v) is 5.78. The summed E-state index contributed by atoms with van der Waals surface area (Å²) in [7, 11) is 0. The van der Waals surface area contributed by atoms with Crippen LogP contribution in [0.2, 0.25) is 5.02 Å². The summed E-state index contributed by atoms with van der Waals surface area (Å²) in [6, 6.07) is 4.67. The Morgan fingerprint density at radius 1 is 1.24 bits per heavy atom. The van der Waals surface area contributed by atoms with Gasteiger partial charge in [-0.25, -0.2) is 9.69 Å². The van der Waals surface area contributed by atoms with E-state index < -0.39 is 12.1 Å². The molecule has 0 aliphatic carbocycles. The summed E-state index contributed by atoms with van der Waals surface area (Å²) >= 11 is 6.38. The summed E-state index contributed by atoms with van der Waals surface area (Å²) in [4.78, 5) is 42.5. The molecule has 10 nitrogen and oxygen atoms in total. The van der Waals surface area contributed by atoms with Crippen LogP contribution >= 0.6 is 11.6 Å². The van der Waals surface area contributed by atoms with Crippen molar-refractivity contribution in [3.63, 3.8) is 0 Å². The number of rotatable bonds is 7. The van der Waals surface area contributed by atoms with E-state index in [0.29, 0.717) is 34.1 Å². The molecule has 1 aromatic carbocycles. The zero-order chi connectivity index (χ0) is 24.6. The number of nitrogens with zero attached hydrogens (tertiary/aromatic N) is 4. The first-order valence-electron chi connectivity index (χ1n) is 11.1. The second-order valence-corrected chi connectivity index (χ2v) is 8.88. The third-order valence-electron chi connectivity index (χ3n) is 5.48. The number of aryl methyl sites for hydroxylation is 1. The first-order chi connectivity index (χ1) is 16.2. The van der Waals surface area contributed by atoms with Crippen LogP contribution < -0.4 is 20.5 Å². The molecule has 34 heavy (non-hydrogen) atoms. The molecule has 0 spiro atoms. The van der Waals surface area contributed by atoms with Crippen molar-refractivity contribution in [3.8, 4) is 5.75 Å². The van der Waals surface area contributed by atoms with Crippen molar-refractivity contribution >= 4 is 40.5 Å². The Kier molecular flexibility index (Phi) is 6.60. The number of hydrogen-bond donors (Lipinski definition) is 2. The largest absolute Gasteiger partial charge is 0.489 e. The summed E-state index contributed by atoms with van der Waals surface area (Å²) in [6.45, 7) is 9.60. The van der Waals surface area contributed by atoms with Crippen molar-refractivity contribution in [2.24, 2.45) is 0 Å². The highest BCUT2D eigenvalue weighted by Gasteiger charge is 2.35. The molecular weight excluding hydrogens is 460 g/mol. The lowest BCUT2D eigenvalue weighted by Crippen LogP contribution is -2.35. The molecule has 3 aromatic rings. The van der Waals surface area contributed by atoms with Crippen LogP contribution in [0.4, 0.5) is 16.7 Å². The van der Waals surface area contributed by atoms with Crippen molar-refractivity contribution in [1.82, 2.24) is 19.9 Å². The van der Waals surface area contributed by atoms with Gasteiger partial charge >= 0.3 is 6.09 Å². The molecule has 0 unspecified atom stereocenters. The molecule has 1 aliphatic heterocycles. The number of halogens is 1. The molecule has 1 fully saturated rings. The lowest BCUT2D eigenvalue weighted by Gasteiger charge is -2.20. The van der Waals surface area contributed by atoms with Crippen LogP contribution in [0.25, 0.3) is 10.9 Å². The molecule has 0 radical (unpaired) electrons. The molecule has 4 rings (SSSR count). The second kappa shape index (κ2) is 9.46. The Morgan fingerprint density at radius 3 is 2.71 bits per heavy atom. The maximum Gasteiger partial charge on any atom is 0.417 e. The number of fused-ring (bicyclic) bond motifs is 1. The van der Waals surface area contributed by atoms with Crippen LogP contribution in [-0.2, 0) is 4.74 Å². The number of aromatic nitrogens is 4. The second-order valence-electron chi connectivity index (χ2n) is 8.47. The molecule has 0 saturated carbocycles. The average Bonchev–Trinajstić information content (AvgIpc) is 3.14. The molecule has 2 N–H and O–H groups in total. The van der Waals surface area contributed by atoms with Gasteiger partial charge in [0, 0.05) is 17.0 Å². The summed E-state index contributed by atoms with van der Waals surface area (Å²) < 4.78 is 10.9. The van der Waals surface area contributed by atoms with E-state index in [0.717, 1.165) is 5.39 Å². The smallest absolute Gasteiger partial charge is 0.417 e. The predicted molar refractivity (Wildman–Crippen MR) is 130 cm³/mol. The fourth-order valence-corrected chi connectivity index (χ4v) is 4.02. The monoisotopic (exact) mass is 486 g/mol. The molecule has 2 atom stereocenters. The van der Waals surface area contributed by atoms with E-state index in [4.69, 9.17) is 21.1 Å². The minimum Gasteiger partial charge on any atom is -0.489 e. The van der Waals surface area contributed by atoms with Gasteiger partial charge in [0.15, 0.2) is 0 Å². The Bertz CT molecular complexity index is 1290. The van der Waals surface area contributed by atoms with E-state index in [2.05, 4.69) is 25.3 Å². The van der Waals surface area contributed by atoms with Crippen LogP contribution in [0.1, 0.15) is 51.5 Å². The van der Waals surface area contributed by atoms with Crippen LogP contribution in [-0.4, -0.2) is 44.8 Å². The van der Waals surface area contributed by atoms with Gasteiger partial charge < -0.3 is 19.8 Å². The summed E-state index contributed by atoms with van der Waals surface area (Å²) in [5, 5.41) is 4.37. The Labute approximate surface area is 201 Å². The van der Waals surface area contributed by atoms with Crippen LogP contribution in [0.5, 0.6) is 5.75 Å². The summed E-state index contributed by atoms with van der Waals surface area (Å²) in [5.41, 5.74) is 0.843. The zero-order valence-corrected chi connectivity index (χ0v) is 20.4. The van der Waals surface area contributed by atoms with Crippen molar-refractivity contribution in [3.05, 3.63) is 45.0 Å². The van der Waals surface area contributed by atoms with E-state index in [1.54, 1.807) is 25.1 Å². The van der Waals surface area contributed by atoms with Crippen LogP contribution in [0.3, 0.4) is 0 Å². The standard InChI is InChI=1S/C23H27ClN6O4/c1-6-15-10-33-23(32)30(15)22-27-13(5)26-21(29-22)25-12(4)16-7-14-8-17(24)19(34-11(2)3)9-18(14)28-20(16)31/h7-9,11-12,15H,6,10H2,1-5H3,(H,28,31)(H,25,26,27,29)/t12-,15-/m0/s1. The topological polar surface area (TPSA) is 122 Å². The van der Waals surface area contributed by atoms with Gasteiger partial charge in [-0.05, 0) is 46.2 Å². The quantitative estimate of drug-likeness (QED) is 0.504. The van der Waals surface area contributed by atoms with E-state index in [9.17, 15) is 9.59 Å². The van der Waals surface area contributed by atoms with E-state index in [-0.39, 0.29) is 36.2 Å². The number of anilines is 2. The molecular formula is C23H27ClN6O4. The average molecular weight is 487 g/mol. The van der Waals surface area contributed by atoms with E-state index in [1.165, 1.54) is 4.90 Å². The number of H-pyrrole nitrogens is 1. The fourth-order valence-electron chi connectivity index (χ4n) is 3.81. The van der Waals surface area contributed by atoms with Crippen molar-refractivity contribution < 1.29 is 14.3 Å². The summed E-state index contributed by atoms with van der Waals surface area (Å²) in [6.07, 6.45) is 0.170. The first kappa shape index (κ1) is 23.7. The highest BCUT2D eigenvalue weighted by molar-refractivity contribution is 6.32. The van der Waals surface area contributed by atoms with Crippen LogP contribution in [0, 0.1) is 6.92 Å². The summed E-state index contributed by atoms with van der Waals surface area (Å²) in [5.74, 6) is 1.42. The molecule has 1 amide bonds. The number of nitrogens with one attached hydrogen (secondary N) is 2. The number of cyclic esters (lactones) is 1. The number of carbonyl (C=O) groups is 1. The number of amides is 1. The number of benzene rings is 1. The van der Waals surface area contributed by atoms with Gasteiger partial charge in [-0.3, -0.25) is 4.79 Å².